The van der Waals surface area contributed by atoms with Gasteiger partial charge in [0.2, 0.25) is 0 Å². The van der Waals surface area contributed by atoms with E-state index >= 15 is 0 Å². The quantitative estimate of drug-likeness (QED) is 0.728. The summed E-state index contributed by atoms with van der Waals surface area (Å²) in [5.74, 6) is -0.0833. The molecule has 4 nitrogen and oxygen atoms in total. The number of hydrogen-bond donors (Lipinski definition) is 1. The normalized spacial score (nSPS) is 15.9. The molecule has 144 valence electrons. The number of carbonyl (C=O) groups is 1. The number of esters is 1. The van der Waals surface area contributed by atoms with Crippen LogP contribution in [0.25, 0.3) is 0 Å². The zero-order valence-corrected chi connectivity index (χ0v) is 17.1. The van der Waals surface area contributed by atoms with E-state index in [9.17, 15) is 4.79 Å². The minimum atomic E-state index is -0.104. The lowest BCUT2D eigenvalue weighted by atomic mass is 9.96. The average Bonchev–Trinajstić information content (AvgIpc) is 2.61. The van der Waals surface area contributed by atoms with Crippen molar-refractivity contribution in [3.05, 3.63) is 63.7 Å². The lowest BCUT2D eigenvalue weighted by Gasteiger charge is -2.37. The van der Waals surface area contributed by atoms with Crippen molar-refractivity contribution in [3.63, 3.8) is 0 Å². The molecule has 1 aliphatic heterocycles. The number of anilines is 1. The summed E-state index contributed by atoms with van der Waals surface area (Å²) in [6, 6.07) is 12.8. The predicted octanol–water partition coefficient (Wildman–Crippen LogP) is 4.73. The third-order valence-electron chi connectivity index (χ3n) is 5.30. The van der Waals surface area contributed by atoms with Crippen LogP contribution in [-0.4, -0.2) is 31.1 Å². The number of carbonyl (C=O) groups excluding carboxylic acids is 1. The Balaban J connectivity index is 1.65. The lowest BCUT2D eigenvalue weighted by Crippen LogP contribution is -2.50. The molecule has 0 amide bonds. The molecule has 5 heteroatoms. The highest BCUT2D eigenvalue weighted by Gasteiger charge is 2.33. The summed E-state index contributed by atoms with van der Waals surface area (Å²) in [5, 5.41) is 4.33. The number of nitrogens with zero attached hydrogens (tertiary/aromatic N) is 1. The fraction of sp³-hybridized carbons (Fsp3) is 0.409. The molecule has 1 N–H and O–H groups in total. The first-order valence-electron chi connectivity index (χ1n) is 9.29. The van der Waals surface area contributed by atoms with E-state index in [-0.39, 0.29) is 17.9 Å². The van der Waals surface area contributed by atoms with Crippen LogP contribution in [0.1, 0.15) is 35.2 Å². The number of benzene rings is 2. The Hall–Kier alpha value is -2.04. The SMILES string of the molecule is COC(=O)C1CN(Cc2cc(C(C)Nc3ccc(Cl)c(C)c3)ccc2C)C1. The summed E-state index contributed by atoms with van der Waals surface area (Å²) in [6.45, 7) is 8.71. The van der Waals surface area contributed by atoms with Crippen molar-refractivity contribution in [2.45, 2.75) is 33.4 Å². The van der Waals surface area contributed by atoms with Gasteiger partial charge < -0.3 is 10.1 Å². The Morgan fingerprint density at radius 2 is 1.96 bits per heavy atom. The van der Waals surface area contributed by atoms with Crippen LogP contribution >= 0.6 is 11.6 Å². The van der Waals surface area contributed by atoms with Gasteiger partial charge in [-0.25, -0.2) is 0 Å². The second-order valence-electron chi connectivity index (χ2n) is 7.43. The van der Waals surface area contributed by atoms with E-state index in [4.69, 9.17) is 16.3 Å². The molecule has 1 atom stereocenters. The predicted molar refractivity (Wildman–Crippen MR) is 110 cm³/mol. The standard InChI is InChI=1S/C22H27ClN2O2/c1-14-5-6-17(16(3)24-20-7-8-21(23)15(2)9-20)10-18(14)11-25-12-19(13-25)22(26)27-4/h5-10,16,19,24H,11-13H2,1-4H3. The molecule has 1 fully saturated rings. The zero-order chi connectivity index (χ0) is 19.6. The molecule has 2 aromatic carbocycles. The van der Waals surface area contributed by atoms with Gasteiger partial charge in [0.15, 0.2) is 0 Å². The summed E-state index contributed by atoms with van der Waals surface area (Å²) in [4.78, 5) is 13.8. The number of likely N-dealkylation sites (tertiary alicyclic amines) is 1. The van der Waals surface area contributed by atoms with Crippen molar-refractivity contribution < 1.29 is 9.53 Å². The van der Waals surface area contributed by atoms with Crippen LogP contribution in [0.5, 0.6) is 0 Å². The topological polar surface area (TPSA) is 41.6 Å². The Bertz CT molecular complexity index is 831. The van der Waals surface area contributed by atoms with Crippen molar-refractivity contribution >= 4 is 23.3 Å². The van der Waals surface area contributed by atoms with Crippen LogP contribution in [0.15, 0.2) is 36.4 Å². The highest BCUT2D eigenvalue weighted by atomic mass is 35.5. The van der Waals surface area contributed by atoms with Gasteiger partial charge in [-0.3, -0.25) is 9.69 Å². The number of aryl methyl sites for hydroxylation is 2. The molecule has 3 rings (SSSR count). The maximum absolute atomic E-state index is 11.6. The van der Waals surface area contributed by atoms with Crippen LogP contribution in [0, 0.1) is 19.8 Å². The number of methoxy groups -OCH3 is 1. The van der Waals surface area contributed by atoms with Crippen LogP contribution < -0.4 is 5.32 Å². The summed E-state index contributed by atoms with van der Waals surface area (Å²) < 4.78 is 4.82. The van der Waals surface area contributed by atoms with E-state index in [0.29, 0.717) is 0 Å². The van der Waals surface area contributed by atoms with E-state index < -0.39 is 0 Å². The van der Waals surface area contributed by atoms with Crippen molar-refractivity contribution in [3.8, 4) is 0 Å². The summed E-state index contributed by atoms with van der Waals surface area (Å²) in [5.41, 5.74) is 5.95. The number of rotatable bonds is 6. The third kappa shape index (κ3) is 4.63. The smallest absolute Gasteiger partial charge is 0.311 e. The van der Waals surface area contributed by atoms with Crippen molar-refractivity contribution in [1.29, 1.82) is 0 Å². The van der Waals surface area contributed by atoms with Crippen molar-refractivity contribution in [2.75, 3.05) is 25.5 Å². The first kappa shape index (κ1) is 19.7. The first-order valence-corrected chi connectivity index (χ1v) is 9.67. The molecule has 1 aliphatic rings. The van der Waals surface area contributed by atoms with Gasteiger partial charge in [-0.05, 0) is 61.2 Å². The Morgan fingerprint density at radius 3 is 2.63 bits per heavy atom. The van der Waals surface area contributed by atoms with Crippen molar-refractivity contribution in [1.82, 2.24) is 4.90 Å². The van der Waals surface area contributed by atoms with Crippen LogP contribution in [-0.2, 0) is 16.1 Å². The average molecular weight is 387 g/mol. The monoisotopic (exact) mass is 386 g/mol. The molecule has 1 heterocycles. The molecule has 0 radical (unpaired) electrons. The molecular formula is C22H27ClN2O2. The second-order valence-corrected chi connectivity index (χ2v) is 7.84. The van der Waals surface area contributed by atoms with Gasteiger partial charge in [-0.15, -0.1) is 0 Å². The maximum Gasteiger partial charge on any atom is 0.311 e. The number of hydrogen-bond acceptors (Lipinski definition) is 4. The molecule has 0 saturated carbocycles. The molecule has 0 spiro atoms. The Morgan fingerprint density at radius 1 is 1.22 bits per heavy atom. The summed E-state index contributed by atoms with van der Waals surface area (Å²) in [6.07, 6.45) is 0. The minimum Gasteiger partial charge on any atom is -0.469 e. The Labute approximate surface area is 166 Å². The lowest BCUT2D eigenvalue weighted by molar-refractivity contribution is -0.151. The maximum atomic E-state index is 11.6. The van der Waals surface area contributed by atoms with Gasteiger partial charge in [-0.2, -0.15) is 0 Å². The third-order valence-corrected chi connectivity index (χ3v) is 5.72. The molecule has 0 aliphatic carbocycles. The van der Waals surface area contributed by atoms with Gasteiger partial charge in [0, 0.05) is 36.4 Å². The van der Waals surface area contributed by atoms with E-state index in [1.165, 1.54) is 23.8 Å². The molecule has 27 heavy (non-hydrogen) atoms. The van der Waals surface area contributed by atoms with Gasteiger partial charge >= 0.3 is 5.97 Å². The number of ether oxygens (including phenoxy) is 1. The zero-order valence-electron chi connectivity index (χ0n) is 16.4. The molecule has 1 unspecified atom stereocenters. The van der Waals surface area contributed by atoms with Gasteiger partial charge in [-0.1, -0.05) is 29.8 Å². The van der Waals surface area contributed by atoms with Gasteiger partial charge in [0.25, 0.3) is 0 Å². The van der Waals surface area contributed by atoms with E-state index in [2.05, 4.69) is 48.3 Å². The summed E-state index contributed by atoms with van der Waals surface area (Å²) >= 11 is 6.12. The van der Waals surface area contributed by atoms with Gasteiger partial charge in [0.1, 0.15) is 0 Å². The molecular weight excluding hydrogens is 360 g/mol. The van der Waals surface area contributed by atoms with Crippen molar-refractivity contribution in [2.24, 2.45) is 5.92 Å². The molecule has 0 bridgehead atoms. The molecule has 2 aromatic rings. The Kier molecular flexibility index (Phi) is 6.08. The fourth-order valence-corrected chi connectivity index (χ4v) is 3.57. The van der Waals surface area contributed by atoms with Crippen LogP contribution in [0.2, 0.25) is 5.02 Å². The van der Waals surface area contributed by atoms with Crippen LogP contribution in [0.4, 0.5) is 5.69 Å². The molecule has 1 saturated heterocycles. The molecule has 0 aromatic heterocycles. The largest absolute Gasteiger partial charge is 0.469 e. The highest BCUT2D eigenvalue weighted by Crippen LogP contribution is 2.27. The van der Waals surface area contributed by atoms with E-state index in [1.54, 1.807) is 0 Å². The fourth-order valence-electron chi connectivity index (χ4n) is 3.45. The van der Waals surface area contributed by atoms with Gasteiger partial charge in [0.05, 0.1) is 13.0 Å². The van der Waals surface area contributed by atoms with E-state index in [0.717, 1.165) is 35.9 Å². The van der Waals surface area contributed by atoms with Crippen LogP contribution in [0.3, 0.4) is 0 Å². The number of halogens is 1. The second kappa shape index (κ2) is 8.32. The highest BCUT2D eigenvalue weighted by molar-refractivity contribution is 6.31. The van der Waals surface area contributed by atoms with E-state index in [1.807, 2.05) is 19.1 Å². The minimum absolute atomic E-state index is 0.0206. The summed E-state index contributed by atoms with van der Waals surface area (Å²) in [7, 11) is 1.45. The first-order chi connectivity index (χ1) is 12.9. The number of nitrogens with one attached hydrogen (secondary N) is 1.